The molecular formula is C13H20ClN3O2. The Morgan fingerprint density at radius 2 is 2.05 bits per heavy atom. The number of ether oxygens (including phenoxy) is 1. The summed E-state index contributed by atoms with van der Waals surface area (Å²) in [5.74, 6) is 0. The van der Waals surface area contributed by atoms with Gasteiger partial charge in [-0.05, 0) is 39.0 Å². The summed E-state index contributed by atoms with van der Waals surface area (Å²) < 4.78 is 5.11. The van der Waals surface area contributed by atoms with Crippen molar-refractivity contribution in [2.45, 2.75) is 26.4 Å². The van der Waals surface area contributed by atoms with Crippen molar-refractivity contribution >= 4 is 29.1 Å². The van der Waals surface area contributed by atoms with E-state index in [-0.39, 0.29) is 0 Å². The van der Waals surface area contributed by atoms with E-state index < -0.39 is 11.7 Å². The average Bonchev–Trinajstić information content (AvgIpc) is 2.24. The summed E-state index contributed by atoms with van der Waals surface area (Å²) in [6, 6.07) is 5.22. The Bertz CT molecular complexity index is 444. The monoisotopic (exact) mass is 285 g/mol. The highest BCUT2D eigenvalue weighted by molar-refractivity contribution is 6.31. The lowest BCUT2D eigenvalue weighted by Gasteiger charge is -2.19. The van der Waals surface area contributed by atoms with Crippen molar-refractivity contribution in [1.29, 1.82) is 0 Å². The second kappa shape index (κ2) is 6.52. The van der Waals surface area contributed by atoms with E-state index in [4.69, 9.17) is 22.1 Å². The minimum absolute atomic E-state index is 0.432. The van der Waals surface area contributed by atoms with Gasteiger partial charge in [-0.25, -0.2) is 4.79 Å². The normalized spacial score (nSPS) is 10.9. The maximum atomic E-state index is 11.4. The lowest BCUT2D eigenvalue weighted by molar-refractivity contribution is 0.0530. The van der Waals surface area contributed by atoms with Crippen LogP contribution in [0, 0.1) is 0 Å². The van der Waals surface area contributed by atoms with Gasteiger partial charge in [-0.15, -0.1) is 0 Å². The topological polar surface area (TPSA) is 76.4 Å². The Hall–Kier alpha value is -1.62. The predicted octanol–water partition coefficient (Wildman–Crippen LogP) is 2.86. The predicted molar refractivity (Wildman–Crippen MR) is 78.6 cm³/mol. The van der Waals surface area contributed by atoms with Gasteiger partial charge in [0.05, 0.1) is 11.4 Å². The first-order chi connectivity index (χ1) is 8.78. The zero-order valence-electron chi connectivity index (χ0n) is 11.4. The number of anilines is 2. The number of carbonyl (C=O) groups excluding carboxylic acids is 1. The average molecular weight is 286 g/mol. The van der Waals surface area contributed by atoms with Crippen LogP contribution >= 0.6 is 11.6 Å². The number of hydrogen-bond donors (Lipinski definition) is 3. The highest BCUT2D eigenvalue weighted by atomic mass is 35.5. The van der Waals surface area contributed by atoms with Crippen LogP contribution in [0.4, 0.5) is 16.2 Å². The second-order valence-electron chi connectivity index (χ2n) is 5.09. The van der Waals surface area contributed by atoms with E-state index in [2.05, 4.69) is 10.6 Å². The van der Waals surface area contributed by atoms with Crippen molar-refractivity contribution in [3.05, 3.63) is 23.2 Å². The van der Waals surface area contributed by atoms with E-state index in [0.29, 0.717) is 23.8 Å². The smallest absolute Gasteiger partial charge is 0.407 e. The maximum absolute atomic E-state index is 11.4. The van der Waals surface area contributed by atoms with Crippen LogP contribution in [0.15, 0.2) is 18.2 Å². The van der Waals surface area contributed by atoms with Crippen molar-refractivity contribution in [3.8, 4) is 0 Å². The lowest BCUT2D eigenvalue weighted by atomic mass is 10.2. The molecule has 6 heteroatoms. The third-order valence-corrected chi connectivity index (χ3v) is 2.36. The number of rotatable bonds is 4. The van der Waals surface area contributed by atoms with Gasteiger partial charge in [0, 0.05) is 18.1 Å². The van der Waals surface area contributed by atoms with Gasteiger partial charge in [0.15, 0.2) is 0 Å². The van der Waals surface area contributed by atoms with Gasteiger partial charge in [-0.1, -0.05) is 11.6 Å². The number of nitrogen functional groups attached to an aromatic ring is 1. The third-order valence-electron chi connectivity index (χ3n) is 2.12. The lowest BCUT2D eigenvalue weighted by Crippen LogP contribution is -2.35. The Balaban J connectivity index is 2.29. The molecule has 0 aliphatic heterocycles. The molecule has 106 valence electrons. The minimum atomic E-state index is -0.488. The SMILES string of the molecule is CC(C)(C)OC(=O)NCCNc1ccc(Cl)cc1N. The van der Waals surface area contributed by atoms with Gasteiger partial charge in [0.25, 0.3) is 0 Å². The highest BCUT2D eigenvalue weighted by Gasteiger charge is 2.15. The number of carbonyl (C=O) groups is 1. The molecule has 0 fully saturated rings. The number of halogens is 1. The molecule has 0 aromatic heterocycles. The van der Waals surface area contributed by atoms with Crippen molar-refractivity contribution in [2.75, 3.05) is 24.1 Å². The molecule has 0 atom stereocenters. The van der Waals surface area contributed by atoms with Crippen LogP contribution in [0.3, 0.4) is 0 Å². The molecule has 19 heavy (non-hydrogen) atoms. The van der Waals surface area contributed by atoms with Crippen LogP contribution in [0.1, 0.15) is 20.8 Å². The van der Waals surface area contributed by atoms with Gasteiger partial charge >= 0.3 is 6.09 Å². The van der Waals surface area contributed by atoms with Crippen molar-refractivity contribution in [1.82, 2.24) is 5.32 Å². The Kier molecular flexibility index (Phi) is 5.30. The number of nitrogens with one attached hydrogen (secondary N) is 2. The summed E-state index contributed by atoms with van der Waals surface area (Å²) in [5, 5.41) is 6.35. The zero-order chi connectivity index (χ0) is 14.5. The molecule has 0 aliphatic rings. The molecular weight excluding hydrogens is 266 g/mol. The fourth-order valence-corrected chi connectivity index (χ4v) is 1.55. The first kappa shape index (κ1) is 15.4. The molecule has 1 aromatic carbocycles. The van der Waals surface area contributed by atoms with Crippen molar-refractivity contribution in [2.24, 2.45) is 0 Å². The number of alkyl carbamates (subject to hydrolysis) is 1. The number of hydrogen-bond acceptors (Lipinski definition) is 4. The molecule has 0 bridgehead atoms. The highest BCUT2D eigenvalue weighted by Crippen LogP contribution is 2.22. The van der Waals surface area contributed by atoms with E-state index in [1.807, 2.05) is 20.8 Å². The molecule has 1 amide bonds. The fraction of sp³-hybridized carbons (Fsp3) is 0.462. The summed E-state index contributed by atoms with van der Waals surface area (Å²) in [6.07, 6.45) is -0.432. The quantitative estimate of drug-likeness (QED) is 0.587. The van der Waals surface area contributed by atoms with E-state index in [1.54, 1.807) is 18.2 Å². The zero-order valence-corrected chi connectivity index (χ0v) is 12.2. The van der Waals surface area contributed by atoms with Crippen LogP contribution < -0.4 is 16.4 Å². The van der Waals surface area contributed by atoms with Crippen LogP contribution in [0.2, 0.25) is 5.02 Å². The molecule has 5 nitrogen and oxygen atoms in total. The summed E-state index contributed by atoms with van der Waals surface area (Å²) in [6.45, 7) is 6.44. The number of nitrogens with two attached hydrogens (primary N) is 1. The molecule has 0 saturated carbocycles. The second-order valence-corrected chi connectivity index (χ2v) is 5.52. The van der Waals surface area contributed by atoms with Crippen LogP contribution in [0.25, 0.3) is 0 Å². The minimum Gasteiger partial charge on any atom is -0.444 e. The third kappa shape index (κ3) is 6.20. The number of amides is 1. The van der Waals surface area contributed by atoms with Crippen LogP contribution in [-0.4, -0.2) is 24.8 Å². The molecule has 1 aromatic rings. The molecule has 1 rings (SSSR count). The Morgan fingerprint density at radius 1 is 1.37 bits per heavy atom. The van der Waals surface area contributed by atoms with E-state index in [9.17, 15) is 4.79 Å². The fourth-order valence-electron chi connectivity index (χ4n) is 1.37. The van der Waals surface area contributed by atoms with Crippen LogP contribution in [-0.2, 0) is 4.74 Å². The van der Waals surface area contributed by atoms with Crippen molar-refractivity contribution in [3.63, 3.8) is 0 Å². The molecule has 0 aliphatic carbocycles. The van der Waals surface area contributed by atoms with Crippen molar-refractivity contribution < 1.29 is 9.53 Å². The summed E-state index contributed by atoms with van der Waals surface area (Å²) >= 11 is 5.80. The first-order valence-corrected chi connectivity index (χ1v) is 6.41. The molecule has 4 N–H and O–H groups in total. The molecule has 0 unspecified atom stereocenters. The maximum Gasteiger partial charge on any atom is 0.407 e. The molecule has 0 radical (unpaired) electrons. The summed E-state index contributed by atoms with van der Waals surface area (Å²) in [5.41, 5.74) is 6.66. The summed E-state index contributed by atoms with van der Waals surface area (Å²) in [4.78, 5) is 11.4. The Labute approximate surface area is 118 Å². The largest absolute Gasteiger partial charge is 0.444 e. The Morgan fingerprint density at radius 3 is 2.63 bits per heavy atom. The van der Waals surface area contributed by atoms with Gasteiger partial charge in [-0.2, -0.15) is 0 Å². The van der Waals surface area contributed by atoms with Gasteiger partial charge < -0.3 is 21.1 Å². The van der Waals surface area contributed by atoms with Crippen LogP contribution in [0.5, 0.6) is 0 Å². The van der Waals surface area contributed by atoms with Gasteiger partial charge in [0.2, 0.25) is 0 Å². The molecule has 0 saturated heterocycles. The number of benzene rings is 1. The van der Waals surface area contributed by atoms with E-state index >= 15 is 0 Å². The first-order valence-electron chi connectivity index (χ1n) is 6.04. The standard InChI is InChI=1S/C13H20ClN3O2/c1-13(2,3)19-12(18)17-7-6-16-11-5-4-9(14)8-10(11)15/h4-5,8,16H,6-7,15H2,1-3H3,(H,17,18). The summed E-state index contributed by atoms with van der Waals surface area (Å²) in [7, 11) is 0. The van der Waals surface area contributed by atoms with E-state index in [0.717, 1.165) is 5.69 Å². The van der Waals surface area contributed by atoms with Gasteiger partial charge in [-0.3, -0.25) is 0 Å². The molecule has 0 heterocycles. The molecule has 0 spiro atoms. The van der Waals surface area contributed by atoms with Gasteiger partial charge in [0.1, 0.15) is 5.60 Å². The van der Waals surface area contributed by atoms with E-state index in [1.165, 1.54) is 0 Å².